The molecule has 5 aromatic heterocycles. The van der Waals surface area contributed by atoms with E-state index in [4.69, 9.17) is 22.4 Å². The van der Waals surface area contributed by atoms with E-state index in [0.29, 0.717) is 39.3 Å². The average molecular weight is 545 g/mol. The fourth-order valence-electron chi connectivity index (χ4n) is 4.82. The predicted molar refractivity (Wildman–Crippen MR) is 150 cm³/mol. The first-order valence-corrected chi connectivity index (χ1v) is 12.0. The summed E-state index contributed by atoms with van der Waals surface area (Å²) >= 11 is 6.36. The second-order valence-electron chi connectivity index (χ2n) is 8.76. The molecule has 1 aliphatic rings. The zero-order valence-corrected chi connectivity index (χ0v) is 21.5. The molecule has 0 amide bonds. The maximum Gasteiger partial charge on any atom is 0.284 e. The second-order valence-corrected chi connectivity index (χ2v) is 9.16. The third kappa shape index (κ3) is 3.60. The summed E-state index contributed by atoms with van der Waals surface area (Å²) in [7, 11) is 0. The van der Waals surface area contributed by atoms with E-state index in [1.54, 1.807) is 33.6 Å². The topological polar surface area (TPSA) is 136 Å². The van der Waals surface area contributed by atoms with Gasteiger partial charge in [-0.05, 0) is 36.8 Å². The summed E-state index contributed by atoms with van der Waals surface area (Å²) in [4.78, 5) is 29.0. The Hall–Kier alpha value is -4.42. The molecular weight excluding hydrogens is 524 g/mol. The van der Waals surface area contributed by atoms with Crippen LogP contribution in [0, 0.1) is 0 Å². The first-order chi connectivity index (χ1) is 18.1. The van der Waals surface area contributed by atoms with Crippen molar-refractivity contribution < 1.29 is 0 Å². The third-order valence-corrected chi connectivity index (χ3v) is 6.98. The molecule has 1 aliphatic heterocycles. The van der Waals surface area contributed by atoms with Gasteiger partial charge in [-0.3, -0.25) is 14.5 Å². The fraction of sp³-hybridized carbons (Fsp3) is 0.120. The third-order valence-electron chi connectivity index (χ3n) is 6.67. The number of aromatic amines is 1. The lowest BCUT2D eigenvalue weighted by molar-refractivity contribution is 0.424. The Balaban J connectivity index is 0.00000264. The molecule has 1 fully saturated rings. The van der Waals surface area contributed by atoms with Gasteiger partial charge in [-0.2, -0.15) is 23.7 Å². The number of fused-ring (bicyclic) bond motifs is 2. The summed E-state index contributed by atoms with van der Waals surface area (Å²) in [6.45, 7) is 0.719. The van der Waals surface area contributed by atoms with Gasteiger partial charge in [0.25, 0.3) is 5.56 Å². The Labute approximate surface area is 227 Å². The second kappa shape index (κ2) is 9.15. The van der Waals surface area contributed by atoms with Crippen molar-refractivity contribution in [1.29, 1.82) is 0 Å². The lowest BCUT2D eigenvalue weighted by atomic mass is 10.0. The van der Waals surface area contributed by atoms with Gasteiger partial charge in [0.1, 0.15) is 23.5 Å². The standard InChI is InChI=1S/C25H19ClN10O.H2S/c26-16-8-11-35-21(16)25(37)36(15-4-2-1-3-5-15)23(33-35)17-9-10-34(17)24-19-20(14-6-7-18(27)28-12-14)31-32-22(19)29-13-30-24;/h1-8,11-13,17H,9-10H2,(H2,27,28)(H,29,30,31,32);1H2/t17-;/m0./s1. The van der Waals surface area contributed by atoms with Gasteiger partial charge in [0.05, 0.1) is 27.8 Å². The van der Waals surface area contributed by atoms with Crippen LogP contribution in [0.3, 0.4) is 0 Å². The number of halogens is 1. The van der Waals surface area contributed by atoms with Crippen molar-refractivity contribution in [3.05, 3.63) is 88.5 Å². The zero-order valence-electron chi connectivity index (χ0n) is 19.8. The van der Waals surface area contributed by atoms with Gasteiger partial charge in [0.15, 0.2) is 11.5 Å². The van der Waals surface area contributed by atoms with Crippen LogP contribution in [0.25, 0.3) is 33.5 Å². The Kier molecular flexibility index (Phi) is 5.77. The van der Waals surface area contributed by atoms with Crippen LogP contribution in [-0.2, 0) is 0 Å². The van der Waals surface area contributed by atoms with E-state index in [1.165, 1.54) is 6.33 Å². The van der Waals surface area contributed by atoms with Gasteiger partial charge in [-0.25, -0.2) is 19.5 Å². The highest BCUT2D eigenvalue weighted by molar-refractivity contribution is 7.59. The molecule has 6 heterocycles. The van der Waals surface area contributed by atoms with Gasteiger partial charge in [-0.15, -0.1) is 0 Å². The first kappa shape index (κ1) is 23.9. The van der Waals surface area contributed by atoms with Gasteiger partial charge < -0.3 is 10.6 Å². The number of H-pyrrole nitrogens is 1. The Bertz CT molecular complexity index is 1850. The van der Waals surface area contributed by atoms with Crippen LogP contribution in [0.15, 0.2) is 72.0 Å². The number of hydrogen-bond donors (Lipinski definition) is 2. The number of rotatable bonds is 4. The summed E-state index contributed by atoms with van der Waals surface area (Å²) in [5.41, 5.74) is 8.68. The number of nitrogens with two attached hydrogens (primary N) is 1. The minimum absolute atomic E-state index is 0. The Morgan fingerprint density at radius 3 is 2.63 bits per heavy atom. The first-order valence-electron chi connectivity index (χ1n) is 11.6. The SMILES string of the molecule is Nc1ccc(-c2[nH]nc3ncnc(N4CC[C@H]4c4nn5ccc(Cl)c5c(=O)n4-c4ccccc4)c23)cn1.S. The van der Waals surface area contributed by atoms with Crippen molar-refractivity contribution in [3.8, 4) is 16.9 Å². The van der Waals surface area contributed by atoms with Crippen molar-refractivity contribution in [2.75, 3.05) is 17.2 Å². The maximum atomic E-state index is 13.7. The van der Waals surface area contributed by atoms with E-state index in [-0.39, 0.29) is 25.1 Å². The van der Waals surface area contributed by atoms with E-state index in [1.807, 2.05) is 36.4 Å². The molecule has 1 atom stereocenters. The molecule has 7 rings (SSSR count). The van der Waals surface area contributed by atoms with E-state index in [0.717, 1.165) is 29.6 Å². The quantitative estimate of drug-likeness (QED) is 0.344. The Morgan fingerprint density at radius 1 is 1.05 bits per heavy atom. The number of nitrogens with one attached hydrogen (secondary N) is 1. The number of nitrogens with zero attached hydrogens (tertiary/aromatic N) is 8. The van der Waals surface area contributed by atoms with Gasteiger partial charge >= 0.3 is 0 Å². The minimum Gasteiger partial charge on any atom is -0.384 e. The van der Waals surface area contributed by atoms with Crippen LogP contribution in [0.4, 0.5) is 11.6 Å². The minimum atomic E-state index is -0.233. The van der Waals surface area contributed by atoms with Gasteiger partial charge in [0.2, 0.25) is 0 Å². The molecule has 3 N–H and O–H groups in total. The summed E-state index contributed by atoms with van der Waals surface area (Å²) < 4.78 is 3.19. The smallest absolute Gasteiger partial charge is 0.284 e. The number of para-hydroxylation sites is 1. The molecule has 1 saturated heterocycles. The van der Waals surface area contributed by atoms with Crippen LogP contribution in [0.2, 0.25) is 5.02 Å². The monoisotopic (exact) mass is 544 g/mol. The lowest BCUT2D eigenvalue weighted by Crippen LogP contribution is -2.45. The van der Waals surface area contributed by atoms with E-state index < -0.39 is 0 Å². The van der Waals surface area contributed by atoms with Crippen LogP contribution in [0.5, 0.6) is 0 Å². The fourth-order valence-corrected chi connectivity index (χ4v) is 5.04. The number of nitrogen functional groups attached to an aromatic ring is 1. The molecular formula is C25H21ClN10OS. The molecule has 6 aromatic rings. The largest absolute Gasteiger partial charge is 0.384 e. The van der Waals surface area contributed by atoms with Crippen molar-refractivity contribution in [3.63, 3.8) is 0 Å². The number of pyridine rings is 1. The van der Waals surface area contributed by atoms with E-state index >= 15 is 0 Å². The zero-order chi connectivity index (χ0) is 25.1. The highest BCUT2D eigenvalue weighted by Gasteiger charge is 2.37. The predicted octanol–water partition coefficient (Wildman–Crippen LogP) is 3.51. The van der Waals surface area contributed by atoms with Crippen molar-refractivity contribution in [2.24, 2.45) is 0 Å². The molecule has 190 valence electrons. The van der Waals surface area contributed by atoms with Crippen LogP contribution in [-0.4, -0.2) is 45.9 Å². The molecule has 0 saturated carbocycles. The summed E-state index contributed by atoms with van der Waals surface area (Å²) in [6, 6.07) is 14.5. The highest BCUT2D eigenvalue weighted by Crippen LogP contribution is 2.41. The van der Waals surface area contributed by atoms with Crippen LogP contribution in [0.1, 0.15) is 18.3 Å². The summed E-state index contributed by atoms with van der Waals surface area (Å²) in [5, 5.41) is 13.4. The summed E-state index contributed by atoms with van der Waals surface area (Å²) in [5.74, 6) is 1.71. The van der Waals surface area contributed by atoms with Crippen LogP contribution < -0.4 is 16.2 Å². The molecule has 0 radical (unpaired) electrons. The number of benzene rings is 1. The molecule has 11 nitrogen and oxygen atoms in total. The Morgan fingerprint density at radius 2 is 1.89 bits per heavy atom. The van der Waals surface area contributed by atoms with Crippen molar-refractivity contribution >= 4 is 53.3 Å². The maximum absolute atomic E-state index is 13.7. The van der Waals surface area contributed by atoms with Crippen LogP contribution >= 0.6 is 25.1 Å². The number of hydrogen-bond acceptors (Lipinski definition) is 8. The highest BCUT2D eigenvalue weighted by atomic mass is 35.5. The molecule has 0 bridgehead atoms. The molecule has 1 aromatic carbocycles. The van der Waals surface area contributed by atoms with E-state index in [2.05, 4.69) is 30.0 Å². The van der Waals surface area contributed by atoms with E-state index in [9.17, 15) is 4.79 Å². The number of aromatic nitrogens is 8. The molecule has 13 heteroatoms. The molecule has 0 spiro atoms. The molecule has 38 heavy (non-hydrogen) atoms. The molecule has 0 unspecified atom stereocenters. The van der Waals surface area contributed by atoms with Gasteiger partial charge in [0, 0.05) is 24.5 Å². The summed E-state index contributed by atoms with van der Waals surface area (Å²) in [6.07, 6.45) is 5.66. The van der Waals surface area contributed by atoms with Crippen molar-refractivity contribution in [1.82, 2.24) is 39.3 Å². The van der Waals surface area contributed by atoms with Crippen molar-refractivity contribution in [2.45, 2.75) is 12.5 Å². The van der Waals surface area contributed by atoms with Gasteiger partial charge in [-0.1, -0.05) is 29.8 Å². The lowest BCUT2D eigenvalue weighted by Gasteiger charge is -2.42. The normalized spacial score (nSPS) is 15.0. The number of anilines is 2. The average Bonchev–Trinajstić information content (AvgIpc) is 3.49. The molecule has 0 aliphatic carbocycles.